The van der Waals surface area contributed by atoms with Crippen LogP contribution in [0.25, 0.3) is 0 Å². The van der Waals surface area contributed by atoms with E-state index in [4.69, 9.17) is 0 Å². The van der Waals surface area contributed by atoms with Crippen molar-refractivity contribution in [2.45, 2.75) is 66.7 Å². The first-order valence-corrected chi connectivity index (χ1v) is 12.1. The molecule has 5 heteroatoms. The van der Waals surface area contributed by atoms with Crippen LogP contribution in [0, 0.1) is 11.8 Å². The van der Waals surface area contributed by atoms with Crippen LogP contribution in [-0.2, 0) is 4.79 Å². The lowest BCUT2D eigenvalue weighted by Crippen LogP contribution is -2.48. The third-order valence-corrected chi connectivity index (χ3v) is 5.46. The van der Waals surface area contributed by atoms with Crippen molar-refractivity contribution in [3.8, 4) is 0 Å². The normalized spacial score (nSPS) is 19.1. The number of benzene rings is 1. The molecular formula is C26H45N3O2. The highest BCUT2D eigenvalue weighted by Crippen LogP contribution is 2.27. The maximum atomic E-state index is 11.8. The molecule has 1 aromatic rings. The SMILES string of the molecule is CC.CC(C)CN1CC(c2ccccc2)CCC1=O.CC(C)CN1CCCN(C)C1=O. The van der Waals surface area contributed by atoms with E-state index in [0.717, 1.165) is 45.6 Å². The Morgan fingerprint density at radius 2 is 1.48 bits per heavy atom. The van der Waals surface area contributed by atoms with Crippen molar-refractivity contribution in [1.29, 1.82) is 0 Å². The fourth-order valence-corrected chi connectivity index (χ4v) is 4.07. The third-order valence-electron chi connectivity index (χ3n) is 5.46. The van der Waals surface area contributed by atoms with Crippen LogP contribution in [0.5, 0.6) is 0 Å². The van der Waals surface area contributed by atoms with Crippen molar-refractivity contribution in [2.24, 2.45) is 11.8 Å². The molecular weight excluding hydrogens is 386 g/mol. The number of urea groups is 1. The number of piperidine rings is 1. The molecule has 0 bridgehead atoms. The summed E-state index contributed by atoms with van der Waals surface area (Å²) >= 11 is 0. The summed E-state index contributed by atoms with van der Waals surface area (Å²) in [6.45, 7) is 17.1. The third kappa shape index (κ3) is 9.32. The van der Waals surface area contributed by atoms with Crippen molar-refractivity contribution in [3.63, 3.8) is 0 Å². The van der Waals surface area contributed by atoms with Gasteiger partial charge in [-0.15, -0.1) is 0 Å². The minimum atomic E-state index is 0.190. The Morgan fingerprint density at radius 3 is 2.06 bits per heavy atom. The fourth-order valence-electron chi connectivity index (χ4n) is 4.07. The summed E-state index contributed by atoms with van der Waals surface area (Å²) < 4.78 is 0. The molecule has 2 heterocycles. The Labute approximate surface area is 190 Å². The van der Waals surface area contributed by atoms with Crippen LogP contribution >= 0.6 is 0 Å². The Bertz CT molecular complexity index is 645. The highest BCUT2D eigenvalue weighted by atomic mass is 16.2. The Balaban J connectivity index is 0.000000303. The molecule has 3 rings (SSSR count). The first kappa shape index (κ1) is 27.0. The van der Waals surface area contributed by atoms with E-state index in [1.807, 2.05) is 36.8 Å². The monoisotopic (exact) mass is 431 g/mol. The van der Waals surface area contributed by atoms with Crippen LogP contribution in [-0.4, -0.2) is 66.4 Å². The largest absolute Gasteiger partial charge is 0.342 e. The molecule has 1 unspecified atom stereocenters. The van der Waals surface area contributed by atoms with Gasteiger partial charge in [0.15, 0.2) is 0 Å². The first-order chi connectivity index (χ1) is 14.8. The predicted octanol–water partition coefficient (Wildman–Crippen LogP) is 5.47. The second-order valence-corrected chi connectivity index (χ2v) is 9.24. The summed E-state index contributed by atoms with van der Waals surface area (Å²) in [7, 11) is 1.87. The average molecular weight is 432 g/mol. The van der Waals surface area contributed by atoms with E-state index < -0.39 is 0 Å². The maximum Gasteiger partial charge on any atom is 0.319 e. The summed E-state index contributed by atoms with van der Waals surface area (Å²) in [5.74, 6) is 1.97. The molecule has 1 atom stereocenters. The van der Waals surface area contributed by atoms with Crippen LogP contribution in [0.3, 0.4) is 0 Å². The summed E-state index contributed by atoms with van der Waals surface area (Å²) in [6.07, 6.45) is 2.80. The first-order valence-electron chi connectivity index (χ1n) is 12.1. The van der Waals surface area contributed by atoms with Crippen LogP contribution in [0.1, 0.15) is 72.3 Å². The van der Waals surface area contributed by atoms with Gasteiger partial charge < -0.3 is 14.7 Å². The summed E-state index contributed by atoms with van der Waals surface area (Å²) in [4.78, 5) is 29.1. The zero-order valence-corrected chi connectivity index (χ0v) is 20.9. The highest BCUT2D eigenvalue weighted by molar-refractivity contribution is 5.77. The van der Waals surface area contributed by atoms with Gasteiger partial charge in [0.05, 0.1) is 0 Å². The van der Waals surface area contributed by atoms with Gasteiger partial charge in [-0.3, -0.25) is 4.79 Å². The fraction of sp³-hybridized carbons (Fsp3) is 0.692. The lowest BCUT2D eigenvalue weighted by molar-refractivity contribution is -0.134. The number of hydrogen-bond donors (Lipinski definition) is 0. The van der Waals surface area contributed by atoms with Crippen molar-refractivity contribution in [1.82, 2.24) is 14.7 Å². The molecule has 31 heavy (non-hydrogen) atoms. The molecule has 2 aliphatic heterocycles. The molecule has 0 spiro atoms. The molecule has 0 radical (unpaired) electrons. The van der Waals surface area contributed by atoms with E-state index in [-0.39, 0.29) is 6.03 Å². The standard InChI is InChI=1S/C15H21NO.C9H18N2O.C2H6/c1-12(2)10-16-11-14(8-9-15(16)17)13-6-4-3-5-7-13;1-8(2)7-11-6-4-5-10(3)9(11)12;1-2/h3-7,12,14H,8-11H2,1-2H3;8H,4-7H2,1-3H3;1-2H3. The van der Waals surface area contributed by atoms with Gasteiger partial charge in [0.2, 0.25) is 5.91 Å². The smallest absolute Gasteiger partial charge is 0.319 e. The zero-order chi connectivity index (χ0) is 23.4. The molecule has 0 aromatic heterocycles. The zero-order valence-electron chi connectivity index (χ0n) is 20.9. The Hall–Kier alpha value is -2.04. The van der Waals surface area contributed by atoms with Crippen molar-refractivity contribution >= 4 is 11.9 Å². The lowest BCUT2D eigenvalue weighted by atomic mass is 9.90. The van der Waals surface area contributed by atoms with Crippen molar-refractivity contribution in [2.75, 3.05) is 39.8 Å². The average Bonchev–Trinajstić information content (AvgIpc) is 2.75. The van der Waals surface area contributed by atoms with Gasteiger partial charge in [-0.1, -0.05) is 71.9 Å². The summed E-state index contributed by atoms with van der Waals surface area (Å²) in [6, 6.07) is 10.7. The van der Waals surface area contributed by atoms with Crippen LogP contribution in [0.15, 0.2) is 30.3 Å². The summed E-state index contributed by atoms with van der Waals surface area (Å²) in [5, 5.41) is 0. The Morgan fingerprint density at radius 1 is 0.903 bits per heavy atom. The minimum Gasteiger partial charge on any atom is -0.342 e. The molecule has 1 aromatic carbocycles. The van der Waals surface area contributed by atoms with E-state index in [1.165, 1.54) is 5.56 Å². The second-order valence-electron chi connectivity index (χ2n) is 9.24. The van der Waals surface area contributed by atoms with Crippen LogP contribution in [0.2, 0.25) is 0 Å². The van der Waals surface area contributed by atoms with Gasteiger partial charge in [-0.25, -0.2) is 4.79 Å². The van der Waals surface area contributed by atoms with Crippen molar-refractivity contribution < 1.29 is 9.59 Å². The van der Waals surface area contributed by atoms with Crippen molar-refractivity contribution in [3.05, 3.63) is 35.9 Å². The maximum absolute atomic E-state index is 11.8. The molecule has 0 N–H and O–H groups in total. The van der Waals surface area contributed by atoms with Gasteiger partial charge >= 0.3 is 6.03 Å². The van der Waals surface area contributed by atoms with Gasteiger partial charge in [0, 0.05) is 52.1 Å². The van der Waals surface area contributed by atoms with Crippen LogP contribution in [0.4, 0.5) is 4.79 Å². The van der Waals surface area contributed by atoms with Crippen LogP contribution < -0.4 is 0 Å². The van der Waals surface area contributed by atoms with Gasteiger partial charge in [-0.05, 0) is 30.2 Å². The van der Waals surface area contributed by atoms with E-state index >= 15 is 0 Å². The molecule has 5 nitrogen and oxygen atoms in total. The predicted molar refractivity (Wildman–Crippen MR) is 130 cm³/mol. The topological polar surface area (TPSA) is 43.9 Å². The second kappa shape index (κ2) is 14.1. The number of nitrogens with zero attached hydrogens (tertiary/aromatic N) is 3. The molecule has 2 aliphatic rings. The molecule has 0 aliphatic carbocycles. The Kier molecular flexibility index (Phi) is 12.3. The minimum absolute atomic E-state index is 0.190. The van der Waals surface area contributed by atoms with Gasteiger partial charge in [0.1, 0.15) is 0 Å². The number of amides is 3. The van der Waals surface area contributed by atoms with E-state index in [0.29, 0.717) is 30.1 Å². The number of hydrogen-bond acceptors (Lipinski definition) is 2. The summed E-state index contributed by atoms with van der Waals surface area (Å²) in [5.41, 5.74) is 1.37. The van der Waals surface area contributed by atoms with Gasteiger partial charge in [0.25, 0.3) is 0 Å². The number of likely N-dealkylation sites (tertiary alicyclic amines) is 1. The molecule has 2 fully saturated rings. The molecule has 176 valence electrons. The van der Waals surface area contributed by atoms with E-state index in [1.54, 1.807) is 4.90 Å². The van der Waals surface area contributed by atoms with Gasteiger partial charge in [-0.2, -0.15) is 0 Å². The molecule has 3 amide bonds. The molecule has 2 saturated heterocycles. The quantitative estimate of drug-likeness (QED) is 0.620. The van der Waals surface area contributed by atoms with E-state index in [2.05, 4.69) is 52.0 Å². The highest BCUT2D eigenvalue weighted by Gasteiger charge is 2.26. The number of carbonyl (C=O) groups excluding carboxylic acids is 2. The number of rotatable bonds is 5. The lowest BCUT2D eigenvalue weighted by Gasteiger charge is -2.34. The molecule has 0 saturated carbocycles. The number of carbonyl (C=O) groups is 2. The van der Waals surface area contributed by atoms with E-state index in [9.17, 15) is 9.59 Å².